The van der Waals surface area contributed by atoms with E-state index >= 15 is 0 Å². The van der Waals surface area contributed by atoms with Crippen LogP contribution in [-0.4, -0.2) is 26.2 Å². The molecule has 0 saturated carbocycles. The number of benzene rings is 1. The molecule has 33 heavy (non-hydrogen) atoms. The van der Waals surface area contributed by atoms with E-state index in [2.05, 4.69) is 9.97 Å². The molecule has 3 rings (SSSR count). The van der Waals surface area contributed by atoms with Crippen LogP contribution in [-0.2, 0) is 13.1 Å². The molecule has 1 aromatic carbocycles. The van der Waals surface area contributed by atoms with Gasteiger partial charge in [-0.15, -0.1) is 0 Å². The van der Waals surface area contributed by atoms with E-state index in [1.165, 1.54) is 7.11 Å². The maximum atomic E-state index is 13.5. The standard InChI is InChI=1S/C22H28N6O5/c1-4-9-27-19(29)15(17(23)25-21(27)31)14(12-7-6-8-13(11-12)33-3)16-18(24)26-22(32)28(10-5-2)20(16)30/h6-8,11,14H,4-5,9-10,23-24H2,1-3H3,(H,25,31)(H,26,32). The molecule has 0 atom stereocenters. The summed E-state index contributed by atoms with van der Waals surface area (Å²) in [6.45, 7) is 3.97. The molecule has 0 fully saturated rings. The normalized spacial score (nSPS) is 11.2. The second kappa shape index (κ2) is 9.63. The van der Waals surface area contributed by atoms with Crippen LogP contribution >= 0.6 is 0 Å². The van der Waals surface area contributed by atoms with E-state index in [-0.39, 0.29) is 35.9 Å². The Morgan fingerprint density at radius 3 is 1.79 bits per heavy atom. The van der Waals surface area contributed by atoms with Crippen LogP contribution < -0.4 is 38.7 Å². The van der Waals surface area contributed by atoms with Crippen molar-refractivity contribution in [3.63, 3.8) is 0 Å². The first-order chi connectivity index (χ1) is 15.7. The van der Waals surface area contributed by atoms with E-state index < -0.39 is 28.4 Å². The Bertz CT molecular complexity index is 1310. The van der Waals surface area contributed by atoms with Crippen LogP contribution in [0.5, 0.6) is 5.75 Å². The van der Waals surface area contributed by atoms with Crippen molar-refractivity contribution in [1.82, 2.24) is 19.1 Å². The number of ether oxygens (including phenoxy) is 1. The van der Waals surface area contributed by atoms with Crippen molar-refractivity contribution < 1.29 is 4.74 Å². The van der Waals surface area contributed by atoms with Crippen molar-refractivity contribution in [3.05, 3.63) is 82.6 Å². The van der Waals surface area contributed by atoms with Crippen LogP contribution in [0.15, 0.2) is 43.4 Å². The van der Waals surface area contributed by atoms with E-state index in [4.69, 9.17) is 16.2 Å². The van der Waals surface area contributed by atoms with Gasteiger partial charge in [-0.25, -0.2) is 9.59 Å². The quantitative estimate of drug-likeness (QED) is 0.383. The van der Waals surface area contributed by atoms with E-state index in [1.807, 2.05) is 13.8 Å². The number of H-pyrrole nitrogens is 2. The van der Waals surface area contributed by atoms with Gasteiger partial charge in [0.1, 0.15) is 17.4 Å². The van der Waals surface area contributed by atoms with Gasteiger partial charge in [0.05, 0.1) is 24.2 Å². The van der Waals surface area contributed by atoms with Crippen LogP contribution in [0, 0.1) is 0 Å². The van der Waals surface area contributed by atoms with Gasteiger partial charge in [-0.2, -0.15) is 0 Å². The highest BCUT2D eigenvalue weighted by molar-refractivity contribution is 5.56. The van der Waals surface area contributed by atoms with Crippen molar-refractivity contribution in [1.29, 1.82) is 0 Å². The number of hydrogen-bond donors (Lipinski definition) is 4. The van der Waals surface area contributed by atoms with Crippen molar-refractivity contribution in [2.45, 2.75) is 45.7 Å². The first kappa shape index (κ1) is 23.6. The number of methoxy groups -OCH3 is 1. The molecular formula is C22H28N6O5. The number of rotatable bonds is 8. The molecule has 11 heteroatoms. The fourth-order valence-corrected chi connectivity index (χ4v) is 3.92. The number of nitrogens with one attached hydrogen (secondary N) is 2. The molecule has 0 amide bonds. The van der Waals surface area contributed by atoms with E-state index in [1.54, 1.807) is 24.3 Å². The van der Waals surface area contributed by atoms with Crippen LogP contribution in [0.3, 0.4) is 0 Å². The average Bonchev–Trinajstić information content (AvgIpc) is 2.78. The average molecular weight is 457 g/mol. The van der Waals surface area contributed by atoms with Gasteiger partial charge in [-0.3, -0.25) is 28.7 Å². The van der Waals surface area contributed by atoms with Gasteiger partial charge in [0.15, 0.2) is 0 Å². The topological polar surface area (TPSA) is 171 Å². The number of hydrogen-bond acceptors (Lipinski definition) is 7. The second-order valence-corrected chi connectivity index (χ2v) is 7.64. The summed E-state index contributed by atoms with van der Waals surface area (Å²) in [7, 11) is 1.49. The number of anilines is 2. The predicted molar refractivity (Wildman–Crippen MR) is 126 cm³/mol. The summed E-state index contributed by atoms with van der Waals surface area (Å²) in [5.41, 5.74) is 10.1. The first-order valence-electron chi connectivity index (χ1n) is 10.6. The summed E-state index contributed by atoms with van der Waals surface area (Å²) >= 11 is 0. The van der Waals surface area contributed by atoms with Crippen molar-refractivity contribution in [3.8, 4) is 5.75 Å². The maximum Gasteiger partial charge on any atom is 0.329 e. The Morgan fingerprint density at radius 2 is 1.36 bits per heavy atom. The monoisotopic (exact) mass is 456 g/mol. The summed E-state index contributed by atoms with van der Waals surface area (Å²) in [5, 5.41) is 0. The number of aromatic nitrogens is 4. The minimum Gasteiger partial charge on any atom is -0.497 e. The van der Waals surface area contributed by atoms with Gasteiger partial charge in [0, 0.05) is 13.1 Å². The molecule has 0 aliphatic carbocycles. The Labute approximate surface area is 188 Å². The number of nitrogens with zero attached hydrogens (tertiary/aromatic N) is 2. The van der Waals surface area contributed by atoms with Crippen LogP contribution in [0.25, 0.3) is 0 Å². The fourth-order valence-electron chi connectivity index (χ4n) is 3.92. The largest absolute Gasteiger partial charge is 0.497 e. The lowest BCUT2D eigenvalue weighted by atomic mass is 9.86. The zero-order valence-corrected chi connectivity index (χ0v) is 18.8. The SMILES string of the molecule is CCCn1c(=O)[nH]c(N)c(C(c2cccc(OC)c2)c2c(N)[nH]c(=O)n(CCC)c2=O)c1=O. The minimum absolute atomic E-state index is 0.0183. The fraction of sp³-hybridized carbons (Fsp3) is 0.364. The third-order valence-electron chi connectivity index (χ3n) is 5.40. The predicted octanol–water partition coefficient (Wildman–Crippen LogP) is 0.560. The highest BCUT2D eigenvalue weighted by Gasteiger charge is 2.30. The highest BCUT2D eigenvalue weighted by Crippen LogP contribution is 2.34. The molecule has 6 N–H and O–H groups in total. The zero-order valence-electron chi connectivity index (χ0n) is 18.8. The summed E-state index contributed by atoms with van der Waals surface area (Å²) in [6, 6.07) is 6.74. The number of nitrogen functional groups attached to an aromatic ring is 2. The Hall–Kier alpha value is -4.02. The molecule has 11 nitrogen and oxygen atoms in total. The molecule has 2 heterocycles. The molecule has 0 spiro atoms. The van der Waals surface area contributed by atoms with Gasteiger partial charge < -0.3 is 16.2 Å². The molecule has 0 aliphatic heterocycles. The van der Waals surface area contributed by atoms with Gasteiger partial charge in [-0.05, 0) is 30.5 Å². The molecule has 176 valence electrons. The molecule has 0 bridgehead atoms. The lowest BCUT2D eigenvalue weighted by Gasteiger charge is -2.22. The minimum atomic E-state index is -1.07. The van der Waals surface area contributed by atoms with Crippen molar-refractivity contribution in [2.75, 3.05) is 18.6 Å². The summed E-state index contributed by atoms with van der Waals surface area (Å²) in [6.07, 6.45) is 1.06. The molecule has 2 aromatic heterocycles. The lowest BCUT2D eigenvalue weighted by Crippen LogP contribution is -2.42. The third kappa shape index (κ3) is 4.34. The van der Waals surface area contributed by atoms with Crippen LogP contribution in [0.2, 0.25) is 0 Å². The second-order valence-electron chi connectivity index (χ2n) is 7.64. The molecule has 0 radical (unpaired) electrons. The van der Waals surface area contributed by atoms with Gasteiger partial charge in [-0.1, -0.05) is 26.0 Å². The number of nitrogens with two attached hydrogens (primary N) is 2. The van der Waals surface area contributed by atoms with Crippen molar-refractivity contribution in [2.24, 2.45) is 0 Å². The smallest absolute Gasteiger partial charge is 0.329 e. The van der Waals surface area contributed by atoms with Gasteiger partial charge in [0.25, 0.3) is 11.1 Å². The summed E-state index contributed by atoms with van der Waals surface area (Å²) in [4.78, 5) is 56.7. The number of aromatic amines is 2. The van der Waals surface area contributed by atoms with Gasteiger partial charge in [0.2, 0.25) is 0 Å². The summed E-state index contributed by atoms with van der Waals surface area (Å²) in [5.74, 6) is -0.958. The Morgan fingerprint density at radius 1 is 0.879 bits per heavy atom. The van der Waals surface area contributed by atoms with E-state index in [0.29, 0.717) is 24.2 Å². The van der Waals surface area contributed by atoms with Crippen molar-refractivity contribution >= 4 is 11.6 Å². The Balaban J connectivity index is 2.48. The maximum absolute atomic E-state index is 13.5. The molecule has 0 saturated heterocycles. The van der Waals surface area contributed by atoms with E-state index in [9.17, 15) is 19.2 Å². The Kier molecular flexibility index (Phi) is 6.90. The molecular weight excluding hydrogens is 428 g/mol. The molecule has 3 aromatic rings. The summed E-state index contributed by atoms with van der Waals surface area (Å²) < 4.78 is 7.38. The van der Waals surface area contributed by atoms with E-state index in [0.717, 1.165) is 9.13 Å². The van der Waals surface area contributed by atoms with Crippen LogP contribution in [0.4, 0.5) is 11.6 Å². The lowest BCUT2D eigenvalue weighted by molar-refractivity contribution is 0.414. The zero-order chi connectivity index (χ0) is 24.3. The van der Waals surface area contributed by atoms with Crippen LogP contribution in [0.1, 0.15) is 49.3 Å². The first-order valence-corrected chi connectivity index (χ1v) is 10.6. The molecule has 0 unspecified atom stereocenters. The molecule has 0 aliphatic rings. The highest BCUT2D eigenvalue weighted by atomic mass is 16.5. The third-order valence-corrected chi connectivity index (χ3v) is 5.40. The van der Waals surface area contributed by atoms with Gasteiger partial charge >= 0.3 is 11.4 Å².